The van der Waals surface area contributed by atoms with Gasteiger partial charge in [0.2, 0.25) is 0 Å². The molecule has 1 saturated heterocycles. The molecule has 6 heteroatoms. The van der Waals surface area contributed by atoms with Gasteiger partial charge in [-0.25, -0.2) is 4.68 Å². The van der Waals surface area contributed by atoms with E-state index in [-0.39, 0.29) is 6.23 Å². The molecule has 2 aromatic rings. The molecule has 1 fully saturated rings. The van der Waals surface area contributed by atoms with E-state index < -0.39 is 7.12 Å². The summed E-state index contributed by atoms with van der Waals surface area (Å²) < 4.78 is 7.84. The molecule has 24 heavy (non-hydrogen) atoms. The number of hydrogen-bond donors (Lipinski definition) is 2. The maximum atomic E-state index is 10.1. The Morgan fingerprint density at radius 1 is 1.21 bits per heavy atom. The highest BCUT2D eigenvalue weighted by Crippen LogP contribution is 2.33. The van der Waals surface area contributed by atoms with Crippen LogP contribution in [0.1, 0.15) is 68.7 Å². The van der Waals surface area contributed by atoms with Gasteiger partial charge < -0.3 is 14.8 Å². The number of aryl methyl sites for hydroxylation is 1. The summed E-state index contributed by atoms with van der Waals surface area (Å²) in [5.41, 5.74) is 3.99. The van der Waals surface area contributed by atoms with E-state index in [4.69, 9.17) is 4.74 Å². The Kier molecular flexibility index (Phi) is 4.37. The molecule has 0 bridgehead atoms. The van der Waals surface area contributed by atoms with Gasteiger partial charge in [0, 0.05) is 12.0 Å². The first-order valence-electron chi connectivity index (χ1n) is 9.17. The lowest BCUT2D eigenvalue weighted by atomic mass is 9.70. The van der Waals surface area contributed by atoms with Crippen molar-refractivity contribution in [1.82, 2.24) is 9.78 Å². The van der Waals surface area contributed by atoms with Crippen molar-refractivity contribution >= 4 is 23.5 Å². The molecule has 2 atom stereocenters. The predicted molar refractivity (Wildman–Crippen MR) is 94.4 cm³/mol. The Hall–Kier alpha value is -1.37. The van der Waals surface area contributed by atoms with Crippen LogP contribution in [0, 0.1) is 0 Å². The Bertz CT molecular complexity index is 737. The smallest absolute Gasteiger partial charge is 0.423 e. The summed E-state index contributed by atoms with van der Waals surface area (Å²) in [6, 6.07) is 2.21. The fourth-order valence-corrected chi connectivity index (χ4v) is 4.41. The van der Waals surface area contributed by atoms with Crippen LogP contribution in [0.4, 0.5) is 0 Å². The molecule has 2 heterocycles. The molecule has 0 spiro atoms. The molecule has 0 radical (unpaired) electrons. The highest BCUT2D eigenvalue weighted by molar-refractivity contribution is 6.62. The van der Waals surface area contributed by atoms with E-state index in [1.165, 1.54) is 12.0 Å². The third-order valence-electron chi connectivity index (χ3n) is 5.58. The maximum Gasteiger partial charge on any atom is 0.489 e. The SMILES string of the molecule is CC1CCCCc2cc3c(cnn3C3CCCCO3)c(B(O)O)c21. The molecule has 4 rings (SSSR count). The van der Waals surface area contributed by atoms with E-state index in [2.05, 4.69) is 18.1 Å². The van der Waals surface area contributed by atoms with Crippen LogP contribution in [0.2, 0.25) is 0 Å². The Labute approximate surface area is 142 Å². The Morgan fingerprint density at radius 3 is 2.79 bits per heavy atom. The monoisotopic (exact) mass is 328 g/mol. The highest BCUT2D eigenvalue weighted by atomic mass is 16.5. The molecule has 2 unspecified atom stereocenters. The zero-order valence-electron chi connectivity index (χ0n) is 14.2. The van der Waals surface area contributed by atoms with Gasteiger partial charge in [0.05, 0.1) is 11.7 Å². The van der Waals surface area contributed by atoms with Crippen molar-refractivity contribution in [2.45, 2.75) is 64.0 Å². The number of nitrogens with zero attached hydrogens (tertiary/aromatic N) is 2. The third kappa shape index (κ3) is 2.67. The molecule has 128 valence electrons. The average molecular weight is 328 g/mol. The number of hydrogen-bond acceptors (Lipinski definition) is 4. The van der Waals surface area contributed by atoms with Crippen molar-refractivity contribution in [3.8, 4) is 0 Å². The van der Waals surface area contributed by atoms with Crippen LogP contribution in [0.15, 0.2) is 12.3 Å². The fraction of sp³-hybridized carbons (Fsp3) is 0.611. The van der Waals surface area contributed by atoms with Gasteiger partial charge in [0.15, 0.2) is 6.23 Å². The van der Waals surface area contributed by atoms with Crippen molar-refractivity contribution in [3.63, 3.8) is 0 Å². The van der Waals surface area contributed by atoms with Crippen molar-refractivity contribution < 1.29 is 14.8 Å². The minimum atomic E-state index is -1.46. The van der Waals surface area contributed by atoms with E-state index in [0.717, 1.165) is 61.6 Å². The molecule has 1 aliphatic carbocycles. The lowest BCUT2D eigenvalue weighted by molar-refractivity contribution is -0.0366. The Morgan fingerprint density at radius 2 is 2.04 bits per heavy atom. The van der Waals surface area contributed by atoms with E-state index >= 15 is 0 Å². The van der Waals surface area contributed by atoms with Gasteiger partial charge in [-0.1, -0.05) is 13.3 Å². The van der Waals surface area contributed by atoms with E-state index in [0.29, 0.717) is 11.4 Å². The summed E-state index contributed by atoms with van der Waals surface area (Å²) >= 11 is 0. The van der Waals surface area contributed by atoms with E-state index in [9.17, 15) is 10.0 Å². The number of ether oxygens (including phenoxy) is 1. The molecule has 1 aliphatic heterocycles. The van der Waals surface area contributed by atoms with Gasteiger partial charge in [0.25, 0.3) is 0 Å². The van der Waals surface area contributed by atoms with Gasteiger partial charge in [-0.15, -0.1) is 0 Å². The van der Waals surface area contributed by atoms with Crippen molar-refractivity contribution in [2.24, 2.45) is 0 Å². The molecular formula is C18H25BN2O3. The normalized spacial score (nSPS) is 24.6. The third-order valence-corrected chi connectivity index (χ3v) is 5.58. The Balaban J connectivity index is 1.91. The summed E-state index contributed by atoms with van der Waals surface area (Å²) in [5, 5.41) is 25.6. The van der Waals surface area contributed by atoms with E-state index in [1.807, 2.05) is 4.68 Å². The molecule has 5 nitrogen and oxygen atoms in total. The number of aromatic nitrogens is 2. The van der Waals surface area contributed by atoms with Gasteiger partial charge >= 0.3 is 7.12 Å². The first kappa shape index (κ1) is 16.1. The van der Waals surface area contributed by atoms with Crippen LogP contribution in [-0.2, 0) is 11.2 Å². The molecule has 2 N–H and O–H groups in total. The van der Waals surface area contributed by atoms with Crippen molar-refractivity contribution in [1.29, 1.82) is 0 Å². The molecule has 2 aliphatic rings. The topological polar surface area (TPSA) is 67.5 Å². The first-order chi connectivity index (χ1) is 11.7. The lowest BCUT2D eigenvalue weighted by Crippen LogP contribution is -2.35. The molecule has 1 aromatic carbocycles. The summed E-state index contributed by atoms with van der Waals surface area (Å²) in [6.07, 6.45) is 9.36. The molecule has 0 amide bonds. The largest absolute Gasteiger partial charge is 0.489 e. The van der Waals surface area contributed by atoms with Crippen molar-refractivity contribution in [3.05, 3.63) is 23.4 Å². The van der Waals surface area contributed by atoms with Crippen LogP contribution in [0.25, 0.3) is 10.9 Å². The maximum absolute atomic E-state index is 10.1. The summed E-state index contributed by atoms with van der Waals surface area (Å²) in [4.78, 5) is 0. The van der Waals surface area contributed by atoms with Crippen LogP contribution in [0.5, 0.6) is 0 Å². The minimum absolute atomic E-state index is 0.0406. The quantitative estimate of drug-likeness (QED) is 0.655. The predicted octanol–water partition coefficient (Wildman–Crippen LogP) is 2.25. The van der Waals surface area contributed by atoms with Crippen LogP contribution < -0.4 is 5.46 Å². The minimum Gasteiger partial charge on any atom is -0.423 e. The average Bonchev–Trinajstić information content (AvgIpc) is 2.92. The number of rotatable bonds is 2. The zero-order valence-corrected chi connectivity index (χ0v) is 14.2. The summed E-state index contributed by atoms with van der Waals surface area (Å²) in [5.74, 6) is 0.345. The molecular weight excluding hydrogens is 303 g/mol. The number of fused-ring (bicyclic) bond motifs is 2. The van der Waals surface area contributed by atoms with Crippen molar-refractivity contribution in [2.75, 3.05) is 6.61 Å². The fourth-order valence-electron chi connectivity index (χ4n) is 4.41. The highest BCUT2D eigenvalue weighted by Gasteiger charge is 2.29. The van der Waals surface area contributed by atoms with Crippen LogP contribution >= 0.6 is 0 Å². The molecule has 1 aromatic heterocycles. The first-order valence-corrected chi connectivity index (χ1v) is 9.17. The van der Waals surface area contributed by atoms with Crippen LogP contribution in [0.3, 0.4) is 0 Å². The van der Waals surface area contributed by atoms with Crippen LogP contribution in [-0.4, -0.2) is 33.6 Å². The second-order valence-corrected chi connectivity index (χ2v) is 7.23. The van der Waals surface area contributed by atoms with Gasteiger partial charge in [0.1, 0.15) is 0 Å². The van der Waals surface area contributed by atoms with Gasteiger partial charge in [-0.3, -0.25) is 0 Å². The van der Waals surface area contributed by atoms with Gasteiger partial charge in [-0.05, 0) is 67.1 Å². The lowest BCUT2D eigenvalue weighted by Gasteiger charge is -2.24. The summed E-state index contributed by atoms with van der Waals surface area (Å²) in [6.45, 7) is 2.96. The van der Waals surface area contributed by atoms with Gasteiger partial charge in [-0.2, -0.15) is 5.10 Å². The van der Waals surface area contributed by atoms with E-state index in [1.54, 1.807) is 6.20 Å². The number of benzene rings is 1. The summed E-state index contributed by atoms with van der Waals surface area (Å²) in [7, 11) is -1.46. The second kappa shape index (κ2) is 6.50. The second-order valence-electron chi connectivity index (χ2n) is 7.23. The zero-order chi connectivity index (χ0) is 16.7. The molecule has 0 saturated carbocycles. The standard InChI is InChI=1S/C18H25BN2O3/c1-12-6-2-3-7-13-10-15-14(18(17(12)13)19(22)23)11-20-21(15)16-8-4-5-9-24-16/h10-12,16,22-23H,2-9H2,1H3.